The lowest BCUT2D eigenvalue weighted by molar-refractivity contribution is 0.590. The molecular weight excluding hydrogens is 1040 g/mol. The van der Waals surface area contributed by atoms with Crippen molar-refractivity contribution in [3.05, 3.63) is 253 Å². The molecule has 0 fully saturated rings. The Labute approximate surface area is 505 Å². The van der Waals surface area contributed by atoms with Crippen LogP contribution in [0.5, 0.6) is 0 Å². The highest BCUT2D eigenvalue weighted by Gasteiger charge is 2.33. The maximum atomic E-state index is 2.66. The van der Waals surface area contributed by atoms with Crippen LogP contribution in [0.2, 0.25) is 0 Å². The van der Waals surface area contributed by atoms with Gasteiger partial charge in [0.05, 0.1) is 55.8 Å². The molecular formula is C82H74N4. The second-order valence-electron chi connectivity index (χ2n) is 28.2. The summed E-state index contributed by atoms with van der Waals surface area (Å²) in [5.74, 6) is 0. The zero-order valence-electron chi connectivity index (χ0n) is 51.7. The van der Waals surface area contributed by atoms with Crippen LogP contribution in [0, 0.1) is 0 Å². The summed E-state index contributed by atoms with van der Waals surface area (Å²) in [6.45, 7) is 28.1. The molecule has 0 aliphatic heterocycles. The lowest BCUT2D eigenvalue weighted by Gasteiger charge is -2.30. The number of fused-ring (bicyclic) bond motifs is 12. The molecule has 4 heteroatoms. The summed E-state index contributed by atoms with van der Waals surface area (Å²) in [5.41, 5.74) is 24.0. The van der Waals surface area contributed by atoms with Gasteiger partial charge in [0.15, 0.2) is 0 Å². The summed E-state index contributed by atoms with van der Waals surface area (Å²) in [4.78, 5) is 5.07. The monoisotopic (exact) mass is 1110 g/mol. The quantitative estimate of drug-likeness (QED) is 0.151. The van der Waals surface area contributed by atoms with E-state index in [1.165, 1.54) is 121 Å². The van der Waals surface area contributed by atoms with Gasteiger partial charge in [0, 0.05) is 65.6 Å². The highest BCUT2D eigenvalue weighted by atomic mass is 15.2. The van der Waals surface area contributed by atoms with E-state index in [2.05, 4.69) is 332 Å². The van der Waals surface area contributed by atoms with E-state index in [0.717, 1.165) is 34.1 Å². The summed E-state index contributed by atoms with van der Waals surface area (Å²) in [6, 6.07) is 87.2. The Kier molecular flexibility index (Phi) is 11.8. The van der Waals surface area contributed by atoms with Gasteiger partial charge in [-0.05, 0) is 128 Å². The van der Waals surface area contributed by atoms with Gasteiger partial charge in [-0.3, -0.25) is 0 Å². The van der Waals surface area contributed by atoms with Crippen LogP contribution in [0.1, 0.15) is 105 Å². The Morgan fingerprint density at radius 2 is 0.616 bits per heavy atom. The van der Waals surface area contributed by atoms with Crippen molar-refractivity contribution in [3.63, 3.8) is 0 Å². The Morgan fingerprint density at radius 3 is 0.965 bits per heavy atom. The zero-order chi connectivity index (χ0) is 59.3. The predicted molar refractivity (Wildman–Crippen MR) is 371 cm³/mol. The van der Waals surface area contributed by atoms with Gasteiger partial charge in [-0.1, -0.05) is 241 Å². The fourth-order valence-electron chi connectivity index (χ4n) is 14.3. The smallest absolute Gasteiger partial charge is 0.0641 e. The summed E-state index contributed by atoms with van der Waals surface area (Å²) in [5, 5.41) is 10.0. The van der Waals surface area contributed by atoms with Crippen LogP contribution < -0.4 is 9.80 Å². The van der Waals surface area contributed by atoms with Crippen LogP contribution in [0.4, 0.5) is 34.1 Å². The van der Waals surface area contributed by atoms with E-state index in [4.69, 9.17) is 0 Å². The average Bonchev–Trinajstić information content (AvgIpc) is 1.52. The van der Waals surface area contributed by atoms with Crippen molar-refractivity contribution in [1.82, 2.24) is 8.80 Å². The van der Waals surface area contributed by atoms with Crippen molar-refractivity contribution in [2.24, 2.45) is 0 Å². The lowest BCUT2D eigenvalue weighted by atomic mass is 9.84. The normalized spacial score (nSPS) is 12.9. The molecule has 0 bridgehead atoms. The molecule has 0 saturated heterocycles. The van der Waals surface area contributed by atoms with Crippen LogP contribution in [-0.2, 0) is 21.7 Å². The Bertz CT molecular complexity index is 4790. The molecule has 86 heavy (non-hydrogen) atoms. The van der Waals surface area contributed by atoms with Crippen LogP contribution in [0.15, 0.2) is 231 Å². The first-order chi connectivity index (χ1) is 41.3. The summed E-state index contributed by atoms with van der Waals surface area (Å²) < 4.78 is 5.32. The van der Waals surface area contributed by atoms with E-state index >= 15 is 0 Å². The van der Waals surface area contributed by atoms with Crippen molar-refractivity contribution < 1.29 is 0 Å². The molecule has 0 N–H and O–H groups in total. The predicted octanol–water partition coefficient (Wildman–Crippen LogP) is 23.5. The fraction of sp³-hybridized carbons (Fsp3) is 0.195. The SMILES string of the molecule is CC(C)(C)c1ccc(N(c2ccccc2)c2ccc3c4cc5c(cc4n4c6c(C(C)(C)C)cccc6c2c34)c2ccc(N(c3ccccc3)c3ccc(C(C)(C)C)cc3-c3ccccc3)c3c4cccc(C(C)(C)C)c4n5c23)c(-c2ccccc2)c1. The largest absolute Gasteiger partial charge is 0.309 e. The minimum Gasteiger partial charge on any atom is -0.309 e. The van der Waals surface area contributed by atoms with Crippen LogP contribution in [0.3, 0.4) is 0 Å². The van der Waals surface area contributed by atoms with Gasteiger partial charge >= 0.3 is 0 Å². The first-order valence-corrected chi connectivity index (χ1v) is 30.8. The number of anilines is 6. The Morgan fingerprint density at radius 1 is 0.267 bits per heavy atom. The third kappa shape index (κ3) is 8.16. The molecule has 422 valence electrons. The third-order valence-corrected chi connectivity index (χ3v) is 18.5. The van der Waals surface area contributed by atoms with Gasteiger partial charge in [-0.25, -0.2) is 0 Å². The van der Waals surface area contributed by atoms with Crippen molar-refractivity contribution >= 4 is 110 Å². The highest BCUT2D eigenvalue weighted by Crippen LogP contribution is 2.55. The molecule has 0 amide bonds. The van der Waals surface area contributed by atoms with Crippen molar-refractivity contribution in [3.8, 4) is 22.3 Å². The van der Waals surface area contributed by atoms with E-state index in [0.29, 0.717) is 0 Å². The molecule has 4 aromatic heterocycles. The van der Waals surface area contributed by atoms with Crippen molar-refractivity contribution in [2.75, 3.05) is 9.80 Å². The molecule has 0 unspecified atom stereocenters. The van der Waals surface area contributed by atoms with Crippen molar-refractivity contribution in [2.45, 2.75) is 105 Å². The molecule has 15 rings (SSSR count). The number of para-hydroxylation sites is 4. The zero-order valence-corrected chi connectivity index (χ0v) is 51.7. The number of hydrogen-bond donors (Lipinski definition) is 0. The summed E-state index contributed by atoms with van der Waals surface area (Å²) in [6.07, 6.45) is 0. The molecule has 4 heterocycles. The lowest BCUT2D eigenvalue weighted by Crippen LogP contribution is -2.15. The number of nitrogens with zero attached hydrogens (tertiary/aromatic N) is 4. The summed E-state index contributed by atoms with van der Waals surface area (Å²) in [7, 11) is 0. The average molecular weight is 1120 g/mol. The fourth-order valence-corrected chi connectivity index (χ4v) is 14.3. The van der Waals surface area contributed by atoms with Crippen LogP contribution >= 0.6 is 0 Å². The minimum absolute atomic E-state index is 0.0417. The maximum Gasteiger partial charge on any atom is 0.0641 e. The van der Waals surface area contributed by atoms with Gasteiger partial charge in [0.25, 0.3) is 0 Å². The van der Waals surface area contributed by atoms with Gasteiger partial charge < -0.3 is 18.6 Å². The third-order valence-electron chi connectivity index (χ3n) is 18.5. The molecule has 0 radical (unpaired) electrons. The van der Waals surface area contributed by atoms with Crippen molar-refractivity contribution in [1.29, 1.82) is 0 Å². The molecule has 15 aromatic rings. The molecule has 0 spiro atoms. The first kappa shape index (κ1) is 53.4. The topological polar surface area (TPSA) is 15.3 Å². The van der Waals surface area contributed by atoms with Crippen LogP contribution in [0.25, 0.3) is 98.4 Å². The molecule has 0 saturated carbocycles. The van der Waals surface area contributed by atoms with E-state index in [1.807, 2.05) is 0 Å². The number of aromatic nitrogens is 2. The Balaban J connectivity index is 1.06. The molecule has 0 atom stereocenters. The number of rotatable bonds is 8. The van der Waals surface area contributed by atoms with E-state index < -0.39 is 0 Å². The maximum absolute atomic E-state index is 2.66. The first-order valence-electron chi connectivity index (χ1n) is 30.8. The Hall–Kier alpha value is -9.38. The standard InChI is InChI=1S/C82H74N4/c1-79(2,3)53-39-43-67(61(47-53)51-27-17-13-18-28-51)83(55-31-21-15-22-32-55)69-45-41-57-63-49-72-64(50-71(63)85-75-59(73(69)77(57)85)35-25-37-65(75)81(7,8)9)58-42-46-70(74-60-36-26-38-66(82(10,11)12)76(60)86(72)78(58)74)84(56-33-23-16-24-34-56)68-44-40-54(80(4,5)6)48-62(68)52-29-19-14-20-30-52/h13-50H,1-12H3. The van der Waals surface area contributed by atoms with E-state index in [1.54, 1.807) is 0 Å². The number of hydrogen-bond acceptors (Lipinski definition) is 2. The summed E-state index contributed by atoms with van der Waals surface area (Å²) >= 11 is 0. The van der Waals surface area contributed by atoms with Crippen LogP contribution in [-0.4, -0.2) is 8.80 Å². The van der Waals surface area contributed by atoms with Gasteiger partial charge in [0.1, 0.15) is 0 Å². The van der Waals surface area contributed by atoms with E-state index in [-0.39, 0.29) is 21.7 Å². The second-order valence-corrected chi connectivity index (χ2v) is 28.2. The highest BCUT2D eigenvalue weighted by molar-refractivity contribution is 6.33. The number of benzene rings is 11. The second kappa shape index (κ2) is 19.1. The van der Waals surface area contributed by atoms with Gasteiger partial charge in [-0.15, -0.1) is 0 Å². The molecule has 0 aliphatic rings. The van der Waals surface area contributed by atoms with Gasteiger partial charge in [0.2, 0.25) is 0 Å². The molecule has 0 aliphatic carbocycles. The minimum atomic E-state index is -0.156. The van der Waals surface area contributed by atoms with Gasteiger partial charge in [-0.2, -0.15) is 0 Å². The molecule has 4 nitrogen and oxygen atoms in total. The molecule has 11 aromatic carbocycles. The van der Waals surface area contributed by atoms with E-state index in [9.17, 15) is 0 Å².